The van der Waals surface area contributed by atoms with Crippen molar-refractivity contribution < 1.29 is 13.5 Å². The van der Waals surface area contributed by atoms with E-state index in [9.17, 15) is 13.5 Å². The SMILES string of the molecule is CCC(CSC)NS(=O)(=O)c1ccc(C(C)O)cc1. The lowest BCUT2D eigenvalue weighted by Crippen LogP contribution is -2.36. The molecule has 0 saturated heterocycles. The first-order chi connectivity index (χ1) is 8.90. The predicted octanol–water partition coefficient (Wildman–Crippen LogP) is 2.16. The third-order valence-electron chi connectivity index (χ3n) is 2.86. The van der Waals surface area contributed by atoms with E-state index in [2.05, 4.69) is 4.72 Å². The van der Waals surface area contributed by atoms with Gasteiger partial charge < -0.3 is 5.11 Å². The number of aliphatic hydroxyl groups excluding tert-OH is 1. The van der Waals surface area contributed by atoms with Gasteiger partial charge in [-0.1, -0.05) is 19.1 Å². The number of aliphatic hydroxyl groups is 1. The Morgan fingerprint density at radius 2 is 1.89 bits per heavy atom. The van der Waals surface area contributed by atoms with E-state index in [4.69, 9.17) is 0 Å². The minimum atomic E-state index is -3.48. The van der Waals surface area contributed by atoms with Gasteiger partial charge in [0.2, 0.25) is 10.0 Å². The summed E-state index contributed by atoms with van der Waals surface area (Å²) in [5, 5.41) is 9.40. The van der Waals surface area contributed by atoms with Crippen LogP contribution in [0.5, 0.6) is 0 Å². The van der Waals surface area contributed by atoms with Crippen LogP contribution in [0, 0.1) is 0 Å². The third kappa shape index (κ3) is 4.80. The highest BCUT2D eigenvalue weighted by Crippen LogP contribution is 2.16. The molecule has 0 fully saturated rings. The summed E-state index contributed by atoms with van der Waals surface area (Å²) in [6.07, 6.45) is 2.12. The van der Waals surface area contributed by atoms with Crippen LogP contribution in [0.25, 0.3) is 0 Å². The van der Waals surface area contributed by atoms with E-state index in [1.807, 2.05) is 13.2 Å². The molecule has 0 aliphatic rings. The van der Waals surface area contributed by atoms with E-state index in [-0.39, 0.29) is 10.9 Å². The molecule has 0 bridgehead atoms. The summed E-state index contributed by atoms with van der Waals surface area (Å²) >= 11 is 1.62. The molecular weight excluding hydrogens is 282 g/mol. The Kier molecular flexibility index (Phi) is 6.32. The lowest BCUT2D eigenvalue weighted by Gasteiger charge is -2.16. The number of nitrogens with one attached hydrogen (secondary N) is 1. The number of sulfonamides is 1. The van der Waals surface area contributed by atoms with Gasteiger partial charge in [0.25, 0.3) is 0 Å². The molecular formula is C13H21NO3S2. The highest BCUT2D eigenvalue weighted by molar-refractivity contribution is 7.98. The molecule has 0 spiro atoms. The van der Waals surface area contributed by atoms with Crippen molar-refractivity contribution in [3.8, 4) is 0 Å². The number of hydrogen-bond acceptors (Lipinski definition) is 4. The van der Waals surface area contributed by atoms with E-state index in [0.29, 0.717) is 5.56 Å². The molecule has 19 heavy (non-hydrogen) atoms. The molecule has 0 radical (unpaired) electrons. The second-order valence-corrected chi connectivity index (χ2v) is 7.05. The molecule has 6 heteroatoms. The van der Waals surface area contributed by atoms with Crippen LogP contribution in [0.4, 0.5) is 0 Å². The van der Waals surface area contributed by atoms with E-state index < -0.39 is 16.1 Å². The van der Waals surface area contributed by atoms with Crippen LogP contribution in [0.2, 0.25) is 0 Å². The normalized spacial score (nSPS) is 15.2. The first-order valence-electron chi connectivity index (χ1n) is 6.20. The fourth-order valence-corrected chi connectivity index (χ4v) is 3.80. The van der Waals surface area contributed by atoms with Crippen LogP contribution in [0.3, 0.4) is 0 Å². The second kappa shape index (κ2) is 7.28. The Morgan fingerprint density at radius 1 is 1.32 bits per heavy atom. The van der Waals surface area contributed by atoms with Crippen LogP contribution >= 0.6 is 11.8 Å². The van der Waals surface area contributed by atoms with Crippen molar-refractivity contribution in [2.45, 2.75) is 37.3 Å². The zero-order valence-electron chi connectivity index (χ0n) is 11.5. The lowest BCUT2D eigenvalue weighted by atomic mass is 10.1. The minimum Gasteiger partial charge on any atom is -0.389 e. The van der Waals surface area contributed by atoms with Crippen molar-refractivity contribution in [3.05, 3.63) is 29.8 Å². The van der Waals surface area contributed by atoms with Crippen molar-refractivity contribution >= 4 is 21.8 Å². The molecule has 0 saturated carbocycles. The molecule has 0 aliphatic heterocycles. The van der Waals surface area contributed by atoms with Gasteiger partial charge >= 0.3 is 0 Å². The van der Waals surface area contributed by atoms with Gasteiger partial charge in [-0.25, -0.2) is 13.1 Å². The van der Waals surface area contributed by atoms with E-state index in [0.717, 1.165) is 12.2 Å². The molecule has 1 aromatic carbocycles. The maximum Gasteiger partial charge on any atom is 0.240 e. The first kappa shape index (κ1) is 16.5. The fourth-order valence-electron chi connectivity index (χ4n) is 1.65. The Labute approximate surface area is 119 Å². The third-order valence-corrected chi connectivity index (χ3v) is 5.13. The monoisotopic (exact) mass is 303 g/mol. The van der Waals surface area contributed by atoms with Crippen LogP contribution in [-0.4, -0.2) is 31.6 Å². The van der Waals surface area contributed by atoms with Crippen LogP contribution in [0.1, 0.15) is 31.9 Å². The number of hydrogen-bond donors (Lipinski definition) is 2. The van der Waals surface area contributed by atoms with Gasteiger partial charge in [0.05, 0.1) is 11.0 Å². The molecule has 2 unspecified atom stereocenters. The van der Waals surface area contributed by atoms with Crippen molar-refractivity contribution in [1.29, 1.82) is 0 Å². The highest BCUT2D eigenvalue weighted by atomic mass is 32.2. The van der Waals surface area contributed by atoms with Crippen molar-refractivity contribution in [2.24, 2.45) is 0 Å². The summed E-state index contributed by atoms with van der Waals surface area (Å²) in [5.74, 6) is 0.751. The number of rotatable bonds is 7. The average molecular weight is 303 g/mol. The van der Waals surface area contributed by atoms with Crippen molar-refractivity contribution in [1.82, 2.24) is 4.72 Å². The summed E-state index contributed by atoms with van der Waals surface area (Å²) in [6, 6.07) is 6.26. The van der Waals surface area contributed by atoms with Crippen LogP contribution < -0.4 is 4.72 Å². The van der Waals surface area contributed by atoms with Gasteiger partial charge in [0.15, 0.2) is 0 Å². The standard InChI is InChI=1S/C13H21NO3S2/c1-4-12(9-18-3)14-19(16,17)13-7-5-11(6-8-13)10(2)15/h5-8,10,12,14-15H,4,9H2,1-3H3. The summed E-state index contributed by atoms with van der Waals surface area (Å²) in [6.45, 7) is 3.60. The smallest absolute Gasteiger partial charge is 0.240 e. The van der Waals surface area contributed by atoms with Crippen molar-refractivity contribution in [2.75, 3.05) is 12.0 Å². The second-order valence-electron chi connectivity index (χ2n) is 4.43. The molecule has 108 valence electrons. The summed E-state index contributed by atoms with van der Waals surface area (Å²) in [4.78, 5) is 0.233. The van der Waals surface area contributed by atoms with Gasteiger partial charge in [-0.05, 0) is 37.3 Å². The zero-order valence-corrected chi connectivity index (χ0v) is 13.1. The van der Waals surface area contributed by atoms with Gasteiger partial charge in [0, 0.05) is 11.8 Å². The van der Waals surface area contributed by atoms with Crippen LogP contribution in [-0.2, 0) is 10.0 Å². The Bertz CT molecular complexity index is 483. The number of benzene rings is 1. The largest absolute Gasteiger partial charge is 0.389 e. The Hall–Kier alpha value is -0.560. The van der Waals surface area contributed by atoms with Crippen LogP contribution in [0.15, 0.2) is 29.2 Å². The minimum absolute atomic E-state index is 0.0589. The summed E-state index contributed by atoms with van der Waals surface area (Å²) < 4.78 is 27.0. The molecule has 2 atom stereocenters. The Morgan fingerprint density at radius 3 is 2.32 bits per heavy atom. The van der Waals surface area contributed by atoms with E-state index in [1.54, 1.807) is 30.8 Å². The Balaban J connectivity index is 2.87. The number of thioether (sulfide) groups is 1. The van der Waals surface area contributed by atoms with Gasteiger partial charge in [0.1, 0.15) is 0 Å². The quantitative estimate of drug-likeness (QED) is 0.810. The van der Waals surface area contributed by atoms with E-state index in [1.165, 1.54) is 12.1 Å². The van der Waals surface area contributed by atoms with Gasteiger partial charge in [-0.3, -0.25) is 0 Å². The molecule has 0 amide bonds. The molecule has 0 aromatic heterocycles. The first-order valence-corrected chi connectivity index (χ1v) is 9.07. The molecule has 4 nitrogen and oxygen atoms in total. The maximum absolute atomic E-state index is 12.2. The topological polar surface area (TPSA) is 66.4 Å². The predicted molar refractivity (Wildman–Crippen MR) is 79.9 cm³/mol. The summed E-state index contributed by atoms with van der Waals surface area (Å²) in [7, 11) is -3.48. The summed E-state index contributed by atoms with van der Waals surface area (Å²) in [5.41, 5.74) is 0.704. The fraction of sp³-hybridized carbons (Fsp3) is 0.538. The molecule has 1 rings (SSSR count). The highest BCUT2D eigenvalue weighted by Gasteiger charge is 2.18. The lowest BCUT2D eigenvalue weighted by molar-refractivity contribution is 0.199. The molecule has 0 heterocycles. The van der Waals surface area contributed by atoms with Gasteiger partial charge in [-0.2, -0.15) is 11.8 Å². The average Bonchev–Trinajstić information content (AvgIpc) is 2.38. The maximum atomic E-state index is 12.2. The molecule has 2 N–H and O–H groups in total. The zero-order chi connectivity index (χ0) is 14.5. The van der Waals surface area contributed by atoms with Gasteiger partial charge in [-0.15, -0.1) is 0 Å². The van der Waals surface area contributed by atoms with E-state index >= 15 is 0 Å². The van der Waals surface area contributed by atoms with Crippen molar-refractivity contribution in [3.63, 3.8) is 0 Å². The molecule has 0 aliphatic carbocycles. The molecule has 1 aromatic rings.